The SMILES string of the molecule is O=C(CC[C@H]1CNCCO1)N1CCc2ccccc2[C@@H]1c1ccc(F)cc1. The topological polar surface area (TPSA) is 41.6 Å². The Morgan fingerprint density at radius 3 is 2.78 bits per heavy atom. The van der Waals surface area contributed by atoms with Gasteiger partial charge in [0, 0.05) is 26.1 Å². The number of hydrogen-bond acceptors (Lipinski definition) is 3. The summed E-state index contributed by atoms with van der Waals surface area (Å²) in [5, 5.41) is 3.31. The molecule has 0 saturated carbocycles. The number of hydrogen-bond donors (Lipinski definition) is 1. The van der Waals surface area contributed by atoms with Crippen molar-refractivity contribution in [2.24, 2.45) is 0 Å². The maximum absolute atomic E-state index is 13.4. The summed E-state index contributed by atoms with van der Waals surface area (Å²) in [6.45, 7) is 3.06. The van der Waals surface area contributed by atoms with Crippen LogP contribution >= 0.6 is 0 Å². The van der Waals surface area contributed by atoms with Gasteiger partial charge in [0.2, 0.25) is 5.91 Å². The highest BCUT2D eigenvalue weighted by Gasteiger charge is 2.32. The van der Waals surface area contributed by atoms with Crippen LogP contribution in [0.15, 0.2) is 48.5 Å². The molecule has 4 nitrogen and oxygen atoms in total. The Morgan fingerprint density at radius 1 is 1.19 bits per heavy atom. The second kappa shape index (κ2) is 8.19. The average molecular weight is 368 g/mol. The number of fused-ring (bicyclic) bond motifs is 1. The van der Waals surface area contributed by atoms with Gasteiger partial charge in [-0.25, -0.2) is 4.39 Å². The molecule has 142 valence electrons. The van der Waals surface area contributed by atoms with Crippen molar-refractivity contribution in [3.8, 4) is 0 Å². The van der Waals surface area contributed by atoms with Crippen molar-refractivity contribution in [1.29, 1.82) is 0 Å². The number of amides is 1. The Hall–Kier alpha value is -2.24. The minimum atomic E-state index is -0.261. The average Bonchev–Trinajstić information content (AvgIpc) is 2.72. The van der Waals surface area contributed by atoms with Crippen LogP contribution in [0.25, 0.3) is 0 Å². The molecule has 0 aromatic heterocycles. The highest BCUT2D eigenvalue weighted by atomic mass is 19.1. The summed E-state index contributed by atoms with van der Waals surface area (Å²) in [4.78, 5) is 15.0. The summed E-state index contributed by atoms with van der Waals surface area (Å²) >= 11 is 0. The van der Waals surface area contributed by atoms with Crippen LogP contribution in [-0.4, -0.2) is 43.2 Å². The lowest BCUT2D eigenvalue weighted by molar-refractivity contribution is -0.134. The number of rotatable bonds is 4. The largest absolute Gasteiger partial charge is 0.376 e. The molecule has 1 fully saturated rings. The molecule has 0 aliphatic carbocycles. The molecule has 0 bridgehead atoms. The van der Waals surface area contributed by atoms with Gasteiger partial charge in [0.1, 0.15) is 5.82 Å². The third kappa shape index (κ3) is 4.04. The van der Waals surface area contributed by atoms with Crippen LogP contribution in [0, 0.1) is 5.82 Å². The molecule has 2 heterocycles. The van der Waals surface area contributed by atoms with Crippen LogP contribution in [-0.2, 0) is 16.0 Å². The van der Waals surface area contributed by atoms with Gasteiger partial charge in [-0.3, -0.25) is 4.79 Å². The fraction of sp³-hybridized carbons (Fsp3) is 0.409. The molecule has 1 amide bonds. The molecular formula is C22H25FN2O2. The van der Waals surface area contributed by atoms with Crippen LogP contribution in [0.1, 0.15) is 35.6 Å². The summed E-state index contributed by atoms with van der Waals surface area (Å²) in [5.41, 5.74) is 3.35. The van der Waals surface area contributed by atoms with Crippen molar-refractivity contribution in [3.63, 3.8) is 0 Å². The fourth-order valence-electron chi connectivity index (χ4n) is 4.07. The van der Waals surface area contributed by atoms with Crippen LogP contribution in [0.3, 0.4) is 0 Å². The lowest BCUT2D eigenvalue weighted by atomic mass is 9.88. The van der Waals surface area contributed by atoms with Crippen LogP contribution in [0.5, 0.6) is 0 Å². The number of benzene rings is 2. The number of carbonyl (C=O) groups is 1. The van der Waals surface area contributed by atoms with Crippen molar-refractivity contribution >= 4 is 5.91 Å². The lowest BCUT2D eigenvalue weighted by Gasteiger charge is -2.38. The van der Waals surface area contributed by atoms with E-state index in [-0.39, 0.29) is 23.9 Å². The zero-order valence-corrected chi connectivity index (χ0v) is 15.4. The second-order valence-electron chi connectivity index (χ2n) is 7.23. The molecule has 0 unspecified atom stereocenters. The van der Waals surface area contributed by atoms with E-state index in [1.165, 1.54) is 17.7 Å². The van der Waals surface area contributed by atoms with Gasteiger partial charge in [0.15, 0.2) is 0 Å². The highest BCUT2D eigenvalue weighted by molar-refractivity contribution is 5.78. The summed E-state index contributed by atoms with van der Waals surface area (Å²) in [6, 6.07) is 14.6. The Balaban J connectivity index is 1.56. The van der Waals surface area contributed by atoms with E-state index < -0.39 is 0 Å². The first-order valence-electron chi connectivity index (χ1n) is 9.67. The van der Waals surface area contributed by atoms with Crippen LogP contribution < -0.4 is 5.32 Å². The molecule has 2 atom stereocenters. The summed E-state index contributed by atoms with van der Waals surface area (Å²) < 4.78 is 19.2. The van der Waals surface area contributed by atoms with Gasteiger partial charge in [-0.05, 0) is 41.7 Å². The van der Waals surface area contributed by atoms with Crippen molar-refractivity contribution in [2.75, 3.05) is 26.2 Å². The first-order chi connectivity index (χ1) is 13.2. The van der Waals surface area contributed by atoms with Gasteiger partial charge in [-0.15, -0.1) is 0 Å². The molecule has 4 rings (SSSR count). The van der Waals surface area contributed by atoms with E-state index in [0.29, 0.717) is 19.6 Å². The van der Waals surface area contributed by atoms with E-state index in [4.69, 9.17) is 4.74 Å². The molecule has 27 heavy (non-hydrogen) atoms. The highest BCUT2D eigenvalue weighted by Crippen LogP contribution is 2.35. The molecule has 0 spiro atoms. The predicted molar refractivity (Wildman–Crippen MR) is 102 cm³/mol. The standard InChI is InChI=1S/C22H25FN2O2/c23-18-7-5-17(6-8-18)22-20-4-2-1-3-16(20)11-13-25(22)21(26)10-9-19-15-24-12-14-27-19/h1-8,19,22,24H,9-15H2/t19-,22-/m0/s1. The van der Waals surface area contributed by atoms with Crippen molar-refractivity contribution < 1.29 is 13.9 Å². The molecule has 2 aromatic carbocycles. The summed E-state index contributed by atoms with van der Waals surface area (Å²) in [7, 11) is 0. The molecule has 1 saturated heterocycles. The van der Waals surface area contributed by atoms with Crippen LogP contribution in [0.2, 0.25) is 0 Å². The zero-order chi connectivity index (χ0) is 18.6. The number of nitrogens with one attached hydrogen (secondary N) is 1. The molecule has 2 aromatic rings. The molecule has 2 aliphatic rings. The number of carbonyl (C=O) groups excluding carboxylic acids is 1. The Kier molecular flexibility index (Phi) is 5.50. The lowest BCUT2D eigenvalue weighted by Crippen LogP contribution is -2.42. The van der Waals surface area contributed by atoms with Crippen molar-refractivity contribution in [1.82, 2.24) is 10.2 Å². The molecule has 5 heteroatoms. The van der Waals surface area contributed by atoms with Crippen LogP contribution in [0.4, 0.5) is 4.39 Å². The number of morpholine rings is 1. The number of nitrogens with zero attached hydrogens (tertiary/aromatic N) is 1. The third-order valence-corrected chi connectivity index (χ3v) is 5.47. The maximum Gasteiger partial charge on any atom is 0.223 e. The summed E-state index contributed by atoms with van der Waals surface area (Å²) in [6.07, 6.45) is 2.14. The number of halogens is 1. The predicted octanol–water partition coefficient (Wildman–Crippen LogP) is 3.07. The first-order valence-corrected chi connectivity index (χ1v) is 9.67. The van der Waals surface area contributed by atoms with Gasteiger partial charge in [-0.2, -0.15) is 0 Å². The van der Waals surface area contributed by atoms with Gasteiger partial charge >= 0.3 is 0 Å². The summed E-state index contributed by atoms with van der Waals surface area (Å²) in [5.74, 6) is -0.129. The fourth-order valence-corrected chi connectivity index (χ4v) is 4.07. The van der Waals surface area contributed by atoms with E-state index >= 15 is 0 Å². The van der Waals surface area contributed by atoms with Crippen molar-refractivity contribution in [2.45, 2.75) is 31.4 Å². The smallest absolute Gasteiger partial charge is 0.223 e. The third-order valence-electron chi connectivity index (χ3n) is 5.47. The van der Waals surface area contributed by atoms with Gasteiger partial charge in [0.25, 0.3) is 0 Å². The second-order valence-corrected chi connectivity index (χ2v) is 7.23. The van der Waals surface area contributed by atoms with Crippen molar-refractivity contribution in [3.05, 3.63) is 71.0 Å². The zero-order valence-electron chi connectivity index (χ0n) is 15.4. The Labute approximate surface area is 159 Å². The van der Waals surface area contributed by atoms with E-state index in [9.17, 15) is 9.18 Å². The van der Waals surface area contributed by atoms with Gasteiger partial charge in [-0.1, -0.05) is 36.4 Å². The molecular weight excluding hydrogens is 343 g/mol. The molecule has 0 radical (unpaired) electrons. The first kappa shape index (κ1) is 18.1. The van der Waals surface area contributed by atoms with Gasteiger partial charge in [0.05, 0.1) is 18.8 Å². The van der Waals surface area contributed by atoms with Gasteiger partial charge < -0.3 is 15.0 Å². The monoisotopic (exact) mass is 368 g/mol. The van der Waals surface area contributed by atoms with E-state index in [2.05, 4.69) is 17.4 Å². The molecule has 2 aliphatic heterocycles. The maximum atomic E-state index is 13.4. The van der Waals surface area contributed by atoms with E-state index in [1.807, 2.05) is 17.0 Å². The molecule has 1 N–H and O–H groups in total. The van der Waals surface area contributed by atoms with E-state index in [1.54, 1.807) is 12.1 Å². The Morgan fingerprint density at radius 2 is 2.00 bits per heavy atom. The Bertz CT molecular complexity index is 787. The minimum Gasteiger partial charge on any atom is -0.376 e. The normalized spacial score (nSPS) is 22.3. The van der Waals surface area contributed by atoms with E-state index in [0.717, 1.165) is 37.1 Å². The number of ether oxygens (including phenoxy) is 1. The quantitative estimate of drug-likeness (QED) is 0.902. The minimum absolute atomic E-state index is 0.101.